The van der Waals surface area contributed by atoms with E-state index in [4.69, 9.17) is 27.0 Å². The van der Waals surface area contributed by atoms with Gasteiger partial charge in [-0.05, 0) is 117 Å². The Morgan fingerprint density at radius 2 is 0.658 bits per heavy atom. The molecule has 0 amide bonds. The van der Waals surface area contributed by atoms with Crippen LogP contribution in [0.1, 0.15) is 184 Å². The maximum atomic E-state index is 11.3. The molecule has 0 aliphatic carbocycles. The first kappa shape index (κ1) is 62.4. The predicted molar refractivity (Wildman–Crippen MR) is 337 cm³/mol. The minimum atomic E-state index is -0.826. The number of nitrogens with zero attached hydrogens (tertiary/aromatic N) is 2. The molecule has 0 saturated carbocycles. The summed E-state index contributed by atoms with van der Waals surface area (Å²) in [5.41, 5.74) is 19.1. The second-order valence-electron chi connectivity index (χ2n) is 25.1. The molecule has 0 fully saturated rings. The normalized spacial score (nSPS) is 12.2. The maximum absolute atomic E-state index is 11.3. The quantitative estimate of drug-likeness (QED) is 0.106. The number of aromatic hydroxyl groups is 2. The zero-order valence-corrected chi connectivity index (χ0v) is 53.5. The molecule has 8 aromatic carbocycles. The van der Waals surface area contributed by atoms with Crippen LogP contribution < -0.4 is 0 Å². The summed E-state index contributed by atoms with van der Waals surface area (Å²) in [6, 6.07) is 59.9. The fourth-order valence-corrected chi connectivity index (χ4v) is 10.3. The van der Waals surface area contributed by atoms with Crippen LogP contribution in [-0.2, 0) is 42.5 Å². The summed E-state index contributed by atoms with van der Waals surface area (Å²) in [6.45, 7) is 34.6. The van der Waals surface area contributed by atoms with Gasteiger partial charge in [0, 0.05) is 46.5 Å². The Morgan fingerprint density at radius 3 is 0.899 bits per heavy atom. The SMILES string of the molecule is Cc1cc(C)c(N=Cc2cc(C(C)(C)C)cc(C(C)(C)C)c2O)c(C(c2ccccc2)c2ccccc2)c1.Cc1cc(C)c(N=Cc2cc(C(C)(C)C)cc(C(C)(C)C)c2O)c(C(c2ccccc2)c2ccccc2)c1.[Cl][Zr][Cl]. The fraction of sp³-hybridized carbons (Fsp3) is 0.306. The summed E-state index contributed by atoms with van der Waals surface area (Å²) in [6.07, 6.45) is 3.71. The van der Waals surface area contributed by atoms with Crippen molar-refractivity contribution in [1.82, 2.24) is 0 Å². The molecule has 0 aliphatic heterocycles. The summed E-state index contributed by atoms with van der Waals surface area (Å²) >= 11 is -0.826. The van der Waals surface area contributed by atoms with E-state index in [9.17, 15) is 10.2 Å². The molecule has 0 saturated heterocycles. The van der Waals surface area contributed by atoms with E-state index < -0.39 is 20.8 Å². The first-order valence-electron chi connectivity index (χ1n) is 27.4. The van der Waals surface area contributed by atoms with E-state index in [1.165, 1.54) is 55.6 Å². The van der Waals surface area contributed by atoms with E-state index in [-0.39, 0.29) is 33.5 Å². The molecule has 0 aliphatic rings. The average molecular weight is 1170 g/mol. The number of benzene rings is 8. The molecule has 0 heterocycles. The van der Waals surface area contributed by atoms with Crippen LogP contribution in [0.4, 0.5) is 11.4 Å². The van der Waals surface area contributed by atoms with Crippen molar-refractivity contribution < 1.29 is 31.1 Å². The van der Waals surface area contributed by atoms with E-state index in [0.717, 1.165) is 44.8 Å². The molecule has 0 atom stereocenters. The minimum absolute atomic E-state index is 0.0443. The molecule has 8 aromatic rings. The predicted octanol–water partition coefficient (Wildman–Crippen LogP) is 20.4. The van der Waals surface area contributed by atoms with E-state index >= 15 is 0 Å². The average Bonchev–Trinajstić information content (AvgIpc) is 3.42. The van der Waals surface area contributed by atoms with E-state index in [1.54, 1.807) is 0 Å². The van der Waals surface area contributed by atoms with E-state index in [0.29, 0.717) is 11.5 Å². The zero-order valence-electron chi connectivity index (χ0n) is 49.5. The third-order valence-electron chi connectivity index (χ3n) is 14.4. The van der Waals surface area contributed by atoms with Crippen molar-refractivity contribution >= 4 is 40.8 Å². The number of hydrogen-bond acceptors (Lipinski definition) is 4. The van der Waals surface area contributed by atoms with Gasteiger partial charge in [0.05, 0.1) is 11.4 Å². The van der Waals surface area contributed by atoms with Gasteiger partial charge < -0.3 is 10.2 Å². The number of hydrogen-bond donors (Lipinski definition) is 2. The molecule has 2 N–H and O–H groups in total. The number of phenols is 2. The first-order chi connectivity index (χ1) is 37.1. The van der Waals surface area contributed by atoms with Crippen LogP contribution in [0.5, 0.6) is 11.5 Å². The van der Waals surface area contributed by atoms with Crippen molar-refractivity contribution in [3.05, 3.63) is 259 Å². The molecule has 0 radical (unpaired) electrons. The molecule has 0 spiro atoms. The number of rotatable bonds is 10. The molecule has 79 heavy (non-hydrogen) atoms. The van der Waals surface area contributed by atoms with Gasteiger partial charge in [-0.3, -0.25) is 9.98 Å². The van der Waals surface area contributed by atoms with Gasteiger partial charge in [0.2, 0.25) is 0 Å². The monoisotopic (exact) mass is 1170 g/mol. The van der Waals surface area contributed by atoms with Gasteiger partial charge in [0.1, 0.15) is 11.5 Å². The Morgan fingerprint density at radius 1 is 0.392 bits per heavy atom. The Kier molecular flexibility index (Phi) is 21.0. The van der Waals surface area contributed by atoms with Gasteiger partial charge in [0.25, 0.3) is 0 Å². The molecule has 8 rings (SSSR count). The van der Waals surface area contributed by atoms with E-state index in [1.807, 2.05) is 12.4 Å². The molecule has 7 heteroatoms. The summed E-state index contributed by atoms with van der Waals surface area (Å²) < 4.78 is 0. The third-order valence-corrected chi connectivity index (χ3v) is 14.4. The second-order valence-corrected chi connectivity index (χ2v) is 28.8. The van der Waals surface area contributed by atoms with Gasteiger partial charge >= 0.3 is 37.9 Å². The van der Waals surface area contributed by atoms with Crippen LogP contribution in [-0.4, -0.2) is 22.6 Å². The van der Waals surface area contributed by atoms with Gasteiger partial charge in [-0.15, -0.1) is 0 Å². The van der Waals surface area contributed by atoms with Crippen molar-refractivity contribution in [2.24, 2.45) is 9.98 Å². The fourth-order valence-electron chi connectivity index (χ4n) is 10.3. The Bertz CT molecular complexity index is 3060. The molecule has 0 aromatic heterocycles. The van der Waals surface area contributed by atoms with Crippen molar-refractivity contribution in [3.8, 4) is 11.5 Å². The molecule has 410 valence electrons. The van der Waals surface area contributed by atoms with Crippen molar-refractivity contribution in [2.75, 3.05) is 0 Å². The van der Waals surface area contributed by atoms with Gasteiger partial charge in [-0.2, -0.15) is 0 Å². The van der Waals surface area contributed by atoms with Crippen LogP contribution in [0.15, 0.2) is 180 Å². The van der Waals surface area contributed by atoms with Gasteiger partial charge in [-0.25, -0.2) is 0 Å². The number of phenolic OH excluding ortho intramolecular Hbond substituents is 2. The van der Waals surface area contributed by atoms with Gasteiger partial charge in [0.15, 0.2) is 0 Å². The van der Waals surface area contributed by atoms with Crippen molar-refractivity contribution in [2.45, 2.75) is 144 Å². The molecule has 0 bridgehead atoms. The Labute approximate surface area is 492 Å². The topological polar surface area (TPSA) is 65.2 Å². The van der Waals surface area contributed by atoms with Crippen molar-refractivity contribution in [1.29, 1.82) is 0 Å². The molecule has 0 unspecified atom stereocenters. The molecular formula is C72H82Cl2N2O2Zr. The van der Waals surface area contributed by atoms with Crippen LogP contribution in [0, 0.1) is 27.7 Å². The molecule has 4 nitrogen and oxygen atoms in total. The zero-order chi connectivity index (χ0) is 58.0. The Balaban J connectivity index is 0.000000243. The van der Waals surface area contributed by atoms with Crippen LogP contribution in [0.3, 0.4) is 0 Å². The van der Waals surface area contributed by atoms with Crippen LogP contribution >= 0.6 is 17.0 Å². The third kappa shape index (κ3) is 16.2. The first-order valence-corrected chi connectivity index (χ1v) is 33.7. The Hall–Kier alpha value is -5.84. The number of aryl methyl sites for hydroxylation is 4. The number of aliphatic imine (C=N–C) groups is 2. The van der Waals surface area contributed by atoms with Crippen molar-refractivity contribution in [3.63, 3.8) is 0 Å². The van der Waals surface area contributed by atoms with E-state index in [2.05, 4.69) is 281 Å². The summed E-state index contributed by atoms with van der Waals surface area (Å²) in [7, 11) is 9.87. The van der Waals surface area contributed by atoms with Crippen LogP contribution in [0.25, 0.3) is 0 Å². The summed E-state index contributed by atoms with van der Waals surface area (Å²) in [4.78, 5) is 10.2. The molecular weight excluding hydrogens is 1090 g/mol. The summed E-state index contributed by atoms with van der Waals surface area (Å²) in [5.74, 6) is 0.706. The standard InChI is InChI=1S/2C36H41NO.2ClH.Zr/c2*1-24-19-25(2)33(30(20-24)32(26-15-11-9-12-16-26)27-17-13-10-14-18-27)37-23-28-21-29(35(3,4)5)22-31(34(28)38)36(6,7)8;;;/h2*9-23,32,38H,1-8H3;2*1H;/q;;;;+2/p-2. The number of halogens is 2. The van der Waals surface area contributed by atoms with Crippen LogP contribution in [0.2, 0.25) is 0 Å². The second kappa shape index (κ2) is 26.6. The summed E-state index contributed by atoms with van der Waals surface area (Å²) in [5, 5.41) is 22.7. The van der Waals surface area contributed by atoms with Gasteiger partial charge in [-0.1, -0.05) is 252 Å².